The summed E-state index contributed by atoms with van der Waals surface area (Å²) < 4.78 is 2.00. The number of rotatable bonds is 1. The zero-order valence-electron chi connectivity index (χ0n) is 13.5. The Labute approximate surface area is 140 Å². The summed E-state index contributed by atoms with van der Waals surface area (Å²) in [6.07, 6.45) is 2.10. The fourth-order valence-corrected chi connectivity index (χ4v) is 3.68. The van der Waals surface area contributed by atoms with E-state index in [0.717, 1.165) is 35.4 Å². The maximum absolute atomic E-state index is 4.96. The van der Waals surface area contributed by atoms with Crippen LogP contribution in [-0.2, 0) is 12.8 Å². The maximum Gasteiger partial charge on any atom is 0.156 e. The van der Waals surface area contributed by atoms with Crippen LogP contribution in [0.25, 0.3) is 28.2 Å². The van der Waals surface area contributed by atoms with Gasteiger partial charge < -0.3 is 0 Å². The molecule has 0 fully saturated rings. The first-order valence-corrected chi connectivity index (χ1v) is 8.34. The number of aromatic nitrogens is 3. The van der Waals surface area contributed by atoms with E-state index in [1.54, 1.807) is 0 Å². The molecule has 2 aromatic carbocycles. The average Bonchev–Trinajstić information content (AvgIpc) is 3.07. The van der Waals surface area contributed by atoms with Crippen LogP contribution in [0.15, 0.2) is 60.7 Å². The van der Waals surface area contributed by atoms with Gasteiger partial charge in [0.05, 0.1) is 11.4 Å². The van der Waals surface area contributed by atoms with Gasteiger partial charge in [-0.05, 0) is 25.3 Å². The highest BCUT2D eigenvalue weighted by molar-refractivity contribution is 5.73. The third kappa shape index (κ3) is 1.91. The van der Waals surface area contributed by atoms with E-state index in [9.17, 15) is 0 Å². The molecule has 3 heteroatoms. The molecule has 0 saturated heterocycles. The summed E-state index contributed by atoms with van der Waals surface area (Å²) in [4.78, 5) is 4.96. The van der Waals surface area contributed by atoms with E-state index in [2.05, 4.69) is 49.4 Å². The van der Waals surface area contributed by atoms with E-state index >= 15 is 0 Å². The maximum atomic E-state index is 4.96. The lowest BCUT2D eigenvalue weighted by Gasteiger charge is -2.20. The minimum Gasteiger partial charge on any atom is -0.228 e. The minimum atomic E-state index is 0.918. The van der Waals surface area contributed by atoms with E-state index in [-0.39, 0.29) is 0 Å². The molecule has 0 bridgehead atoms. The van der Waals surface area contributed by atoms with Gasteiger partial charge in [0.2, 0.25) is 0 Å². The average molecular weight is 311 g/mol. The SMILES string of the molecule is Cc1c2c(nc3cc(-c4ccccc4)nn13)-c1ccccc1CC2. The summed E-state index contributed by atoms with van der Waals surface area (Å²) in [6, 6.07) is 21.0. The molecule has 0 radical (unpaired) electrons. The molecule has 0 atom stereocenters. The van der Waals surface area contributed by atoms with Crippen LogP contribution in [0.5, 0.6) is 0 Å². The van der Waals surface area contributed by atoms with E-state index in [0.29, 0.717) is 0 Å². The van der Waals surface area contributed by atoms with Crippen molar-refractivity contribution in [2.75, 3.05) is 0 Å². The highest BCUT2D eigenvalue weighted by Crippen LogP contribution is 2.34. The second-order valence-electron chi connectivity index (χ2n) is 6.35. The van der Waals surface area contributed by atoms with Gasteiger partial charge in [-0.3, -0.25) is 0 Å². The Kier molecular flexibility index (Phi) is 2.83. The van der Waals surface area contributed by atoms with Crippen LogP contribution in [0, 0.1) is 6.92 Å². The standard InChI is InChI=1S/C21H17N3/c1-14-17-12-11-15-7-5-6-10-18(15)21(17)22-20-13-19(23-24(14)20)16-8-3-2-4-9-16/h2-10,13H,11-12H2,1H3. The summed E-state index contributed by atoms with van der Waals surface area (Å²) in [5, 5.41) is 4.80. The number of hydrogen-bond acceptors (Lipinski definition) is 2. The van der Waals surface area contributed by atoms with Crippen molar-refractivity contribution in [3.8, 4) is 22.5 Å². The van der Waals surface area contributed by atoms with Crippen molar-refractivity contribution in [2.45, 2.75) is 19.8 Å². The van der Waals surface area contributed by atoms with Crippen molar-refractivity contribution < 1.29 is 0 Å². The van der Waals surface area contributed by atoms with E-state index < -0.39 is 0 Å². The predicted molar refractivity (Wildman–Crippen MR) is 96.0 cm³/mol. The van der Waals surface area contributed by atoms with Crippen LogP contribution in [0.4, 0.5) is 0 Å². The molecule has 116 valence electrons. The highest BCUT2D eigenvalue weighted by atomic mass is 15.3. The van der Waals surface area contributed by atoms with Gasteiger partial charge in [0.1, 0.15) is 0 Å². The van der Waals surface area contributed by atoms with Gasteiger partial charge in [0.15, 0.2) is 5.65 Å². The largest absolute Gasteiger partial charge is 0.228 e. The third-order valence-corrected chi connectivity index (χ3v) is 4.94. The Morgan fingerprint density at radius 2 is 1.71 bits per heavy atom. The molecule has 0 unspecified atom stereocenters. The zero-order chi connectivity index (χ0) is 16.1. The van der Waals surface area contributed by atoms with Crippen molar-refractivity contribution in [3.05, 3.63) is 77.5 Å². The molecule has 2 heterocycles. The summed E-state index contributed by atoms with van der Waals surface area (Å²) in [7, 11) is 0. The molecular formula is C21H17N3. The second kappa shape index (κ2) is 5.03. The van der Waals surface area contributed by atoms with Crippen molar-refractivity contribution in [1.29, 1.82) is 0 Å². The van der Waals surface area contributed by atoms with Crippen molar-refractivity contribution in [3.63, 3.8) is 0 Å². The molecule has 1 aliphatic carbocycles. The topological polar surface area (TPSA) is 30.2 Å². The second-order valence-corrected chi connectivity index (χ2v) is 6.35. The van der Waals surface area contributed by atoms with Gasteiger partial charge in [0, 0.05) is 28.5 Å². The lowest BCUT2D eigenvalue weighted by Crippen LogP contribution is -2.11. The monoisotopic (exact) mass is 311 g/mol. The molecule has 0 amide bonds. The molecule has 0 aliphatic heterocycles. The predicted octanol–water partition coefficient (Wildman–Crippen LogP) is 4.47. The van der Waals surface area contributed by atoms with Crippen molar-refractivity contribution >= 4 is 5.65 Å². The Balaban J connectivity index is 1.77. The molecular weight excluding hydrogens is 294 g/mol. The van der Waals surface area contributed by atoms with E-state index in [1.807, 2.05) is 22.7 Å². The molecule has 0 saturated carbocycles. The number of hydrogen-bond donors (Lipinski definition) is 0. The molecule has 4 aromatic rings. The highest BCUT2D eigenvalue weighted by Gasteiger charge is 2.21. The van der Waals surface area contributed by atoms with Gasteiger partial charge >= 0.3 is 0 Å². The molecule has 0 spiro atoms. The minimum absolute atomic E-state index is 0.918. The van der Waals surface area contributed by atoms with Gasteiger partial charge in [-0.2, -0.15) is 5.10 Å². The van der Waals surface area contributed by atoms with Crippen LogP contribution in [0.1, 0.15) is 16.8 Å². The summed E-state index contributed by atoms with van der Waals surface area (Å²) in [5.74, 6) is 0. The molecule has 2 aromatic heterocycles. The Morgan fingerprint density at radius 3 is 2.58 bits per heavy atom. The van der Waals surface area contributed by atoms with Crippen LogP contribution >= 0.6 is 0 Å². The zero-order valence-corrected chi connectivity index (χ0v) is 13.5. The molecule has 5 rings (SSSR count). The van der Waals surface area contributed by atoms with E-state index in [4.69, 9.17) is 10.1 Å². The van der Waals surface area contributed by atoms with Crippen molar-refractivity contribution in [2.24, 2.45) is 0 Å². The first kappa shape index (κ1) is 13.5. The van der Waals surface area contributed by atoms with Gasteiger partial charge in [0.25, 0.3) is 0 Å². The third-order valence-electron chi connectivity index (χ3n) is 4.94. The van der Waals surface area contributed by atoms with E-state index in [1.165, 1.54) is 22.4 Å². The summed E-state index contributed by atoms with van der Waals surface area (Å²) >= 11 is 0. The number of aryl methyl sites for hydroxylation is 2. The Bertz CT molecular complexity index is 1060. The number of fused-ring (bicyclic) bond motifs is 4. The molecule has 3 nitrogen and oxygen atoms in total. The summed E-state index contributed by atoms with van der Waals surface area (Å²) in [6.45, 7) is 2.16. The van der Waals surface area contributed by atoms with Gasteiger partial charge in [-0.1, -0.05) is 54.6 Å². The smallest absolute Gasteiger partial charge is 0.156 e. The quantitative estimate of drug-likeness (QED) is 0.519. The first-order chi connectivity index (χ1) is 11.8. The molecule has 0 N–H and O–H groups in total. The lowest BCUT2D eigenvalue weighted by molar-refractivity contribution is 0.834. The Hall–Kier alpha value is -2.94. The number of nitrogens with zero attached hydrogens (tertiary/aromatic N) is 3. The molecule has 1 aliphatic rings. The van der Waals surface area contributed by atoms with Gasteiger partial charge in [-0.15, -0.1) is 0 Å². The van der Waals surface area contributed by atoms with Crippen LogP contribution in [-0.4, -0.2) is 14.6 Å². The first-order valence-electron chi connectivity index (χ1n) is 8.34. The van der Waals surface area contributed by atoms with Crippen LogP contribution in [0.2, 0.25) is 0 Å². The molecule has 24 heavy (non-hydrogen) atoms. The van der Waals surface area contributed by atoms with Crippen molar-refractivity contribution in [1.82, 2.24) is 14.6 Å². The number of benzene rings is 2. The van der Waals surface area contributed by atoms with Gasteiger partial charge in [-0.25, -0.2) is 9.50 Å². The van der Waals surface area contributed by atoms with Crippen LogP contribution < -0.4 is 0 Å². The fourth-order valence-electron chi connectivity index (χ4n) is 3.68. The Morgan fingerprint density at radius 1 is 0.917 bits per heavy atom. The fraction of sp³-hybridized carbons (Fsp3) is 0.143. The van der Waals surface area contributed by atoms with Crippen LogP contribution in [0.3, 0.4) is 0 Å². The summed E-state index contributed by atoms with van der Waals surface area (Å²) in [5.41, 5.74) is 9.33. The lowest BCUT2D eigenvalue weighted by atomic mass is 9.88. The normalized spacial score (nSPS) is 12.9.